The SMILES string of the molecule is CN(C)CCN1CC(NOC(F)C(=O)O)CC[C@H]1C#N. The standard InChI is InChI=1S/C12H21FN4O3/c1-16(2)5-6-17-8-9(3-4-10(17)7-14)15-20-11(13)12(18)19/h9-11,15H,3-6,8H2,1-2H3,(H,18,19)/t9?,10-,11?/m0/s1. The molecule has 7 nitrogen and oxygen atoms in total. The lowest BCUT2D eigenvalue weighted by atomic mass is 9.99. The second-order valence-corrected chi connectivity index (χ2v) is 5.11. The van der Waals surface area contributed by atoms with Crippen LogP contribution in [0.15, 0.2) is 0 Å². The third kappa shape index (κ3) is 5.38. The number of carbonyl (C=O) groups is 1. The summed E-state index contributed by atoms with van der Waals surface area (Å²) in [7, 11) is 3.90. The number of nitrogens with one attached hydrogen (secondary N) is 1. The molecule has 1 heterocycles. The lowest BCUT2D eigenvalue weighted by Gasteiger charge is -2.36. The van der Waals surface area contributed by atoms with Crippen molar-refractivity contribution in [1.29, 1.82) is 5.26 Å². The van der Waals surface area contributed by atoms with Crippen molar-refractivity contribution in [3.63, 3.8) is 0 Å². The van der Waals surface area contributed by atoms with E-state index in [0.29, 0.717) is 19.4 Å². The van der Waals surface area contributed by atoms with Crippen LogP contribution in [0, 0.1) is 11.3 Å². The number of hydrogen-bond acceptors (Lipinski definition) is 6. The van der Waals surface area contributed by atoms with Gasteiger partial charge in [0, 0.05) is 25.7 Å². The van der Waals surface area contributed by atoms with Gasteiger partial charge in [-0.2, -0.15) is 10.7 Å². The van der Waals surface area contributed by atoms with Crippen LogP contribution < -0.4 is 5.48 Å². The van der Waals surface area contributed by atoms with E-state index < -0.39 is 12.3 Å². The fraction of sp³-hybridized carbons (Fsp3) is 0.833. The maximum absolute atomic E-state index is 12.8. The van der Waals surface area contributed by atoms with Crippen molar-refractivity contribution in [3.05, 3.63) is 0 Å². The predicted molar refractivity (Wildman–Crippen MR) is 69.3 cm³/mol. The Morgan fingerprint density at radius 1 is 1.65 bits per heavy atom. The number of aliphatic carboxylic acids is 1. The first-order chi connectivity index (χ1) is 9.43. The van der Waals surface area contributed by atoms with E-state index in [1.165, 1.54) is 0 Å². The summed E-state index contributed by atoms with van der Waals surface area (Å²) in [5.41, 5.74) is 2.44. The van der Waals surface area contributed by atoms with Crippen LogP contribution in [0.3, 0.4) is 0 Å². The van der Waals surface area contributed by atoms with Gasteiger partial charge < -0.3 is 10.0 Å². The van der Waals surface area contributed by atoms with Crippen LogP contribution in [0.1, 0.15) is 12.8 Å². The Bertz CT molecular complexity index is 361. The Balaban J connectivity index is 2.44. The van der Waals surface area contributed by atoms with Gasteiger partial charge in [-0.3, -0.25) is 9.74 Å². The molecule has 1 fully saturated rings. The molecule has 1 saturated heterocycles. The first-order valence-corrected chi connectivity index (χ1v) is 6.50. The van der Waals surface area contributed by atoms with Crippen molar-refractivity contribution >= 4 is 5.97 Å². The second kappa shape index (κ2) is 8.11. The summed E-state index contributed by atoms with van der Waals surface area (Å²) in [6.07, 6.45) is -1.09. The number of nitrogens with zero attached hydrogens (tertiary/aromatic N) is 3. The smallest absolute Gasteiger partial charge is 0.367 e. The summed E-state index contributed by atoms with van der Waals surface area (Å²) >= 11 is 0. The van der Waals surface area contributed by atoms with Gasteiger partial charge in [-0.25, -0.2) is 9.18 Å². The number of hydrogen-bond donors (Lipinski definition) is 2. The molecule has 0 bridgehead atoms. The molecule has 0 saturated carbocycles. The maximum Gasteiger partial charge on any atom is 0.367 e. The number of hydroxylamine groups is 1. The molecule has 0 aromatic rings. The molecular formula is C12H21FN4O3. The second-order valence-electron chi connectivity index (χ2n) is 5.11. The molecule has 2 unspecified atom stereocenters. The molecule has 8 heteroatoms. The Labute approximate surface area is 117 Å². The Morgan fingerprint density at radius 3 is 2.90 bits per heavy atom. The Morgan fingerprint density at radius 2 is 2.35 bits per heavy atom. The monoisotopic (exact) mass is 288 g/mol. The number of carboxylic acids is 1. The summed E-state index contributed by atoms with van der Waals surface area (Å²) in [5.74, 6) is -1.66. The number of alkyl halides is 1. The van der Waals surface area contributed by atoms with E-state index in [4.69, 9.17) is 10.4 Å². The van der Waals surface area contributed by atoms with E-state index in [2.05, 4.69) is 16.4 Å². The fourth-order valence-corrected chi connectivity index (χ4v) is 2.07. The number of nitriles is 1. The van der Waals surface area contributed by atoms with Crippen molar-refractivity contribution in [2.75, 3.05) is 33.7 Å². The van der Waals surface area contributed by atoms with Crippen molar-refractivity contribution in [3.8, 4) is 6.07 Å². The minimum absolute atomic E-state index is 0.159. The zero-order chi connectivity index (χ0) is 15.1. The average molecular weight is 288 g/mol. The lowest BCUT2D eigenvalue weighted by molar-refractivity contribution is -0.177. The van der Waals surface area contributed by atoms with Crippen LogP contribution in [-0.2, 0) is 9.63 Å². The van der Waals surface area contributed by atoms with E-state index in [1.807, 2.05) is 23.9 Å². The van der Waals surface area contributed by atoms with Crippen molar-refractivity contribution in [1.82, 2.24) is 15.3 Å². The fourth-order valence-electron chi connectivity index (χ4n) is 2.07. The Kier molecular flexibility index (Phi) is 6.81. The molecule has 2 N–H and O–H groups in total. The molecule has 0 radical (unpaired) electrons. The number of piperidine rings is 1. The van der Waals surface area contributed by atoms with Crippen LogP contribution in [0.2, 0.25) is 0 Å². The summed E-state index contributed by atoms with van der Waals surface area (Å²) in [6, 6.07) is 1.91. The van der Waals surface area contributed by atoms with E-state index in [1.54, 1.807) is 0 Å². The van der Waals surface area contributed by atoms with Gasteiger partial charge in [0.25, 0.3) is 0 Å². The molecule has 1 aliphatic heterocycles. The number of likely N-dealkylation sites (N-methyl/N-ethyl adjacent to an activating group) is 1. The first-order valence-electron chi connectivity index (χ1n) is 6.50. The van der Waals surface area contributed by atoms with E-state index in [0.717, 1.165) is 13.1 Å². The molecule has 0 aromatic carbocycles. The normalized spacial score (nSPS) is 25.4. The average Bonchev–Trinajstić information content (AvgIpc) is 2.42. The zero-order valence-electron chi connectivity index (χ0n) is 11.8. The molecule has 0 aromatic heterocycles. The minimum Gasteiger partial charge on any atom is -0.477 e. The van der Waals surface area contributed by atoms with E-state index in [-0.39, 0.29) is 12.1 Å². The molecule has 1 aliphatic rings. The van der Waals surface area contributed by atoms with Crippen LogP contribution in [0.5, 0.6) is 0 Å². The first kappa shape index (κ1) is 16.8. The van der Waals surface area contributed by atoms with Gasteiger partial charge in [-0.1, -0.05) is 0 Å². The van der Waals surface area contributed by atoms with Crippen LogP contribution in [0.4, 0.5) is 4.39 Å². The van der Waals surface area contributed by atoms with Crippen LogP contribution >= 0.6 is 0 Å². The number of halogens is 1. The van der Waals surface area contributed by atoms with Gasteiger partial charge in [0.2, 0.25) is 0 Å². The number of rotatable bonds is 7. The van der Waals surface area contributed by atoms with E-state index >= 15 is 0 Å². The summed E-state index contributed by atoms with van der Waals surface area (Å²) in [4.78, 5) is 18.8. The predicted octanol–water partition coefficient (Wildman–Crippen LogP) is -0.194. The van der Waals surface area contributed by atoms with Crippen LogP contribution in [0.25, 0.3) is 0 Å². The van der Waals surface area contributed by atoms with Gasteiger partial charge >= 0.3 is 12.3 Å². The molecule has 114 valence electrons. The highest BCUT2D eigenvalue weighted by Gasteiger charge is 2.29. The molecular weight excluding hydrogens is 267 g/mol. The van der Waals surface area contributed by atoms with Crippen molar-refractivity contribution in [2.24, 2.45) is 0 Å². The lowest BCUT2D eigenvalue weighted by Crippen LogP contribution is -2.52. The van der Waals surface area contributed by atoms with Gasteiger partial charge in [0.05, 0.1) is 12.1 Å². The van der Waals surface area contributed by atoms with Gasteiger partial charge in [0.1, 0.15) is 0 Å². The summed E-state index contributed by atoms with van der Waals surface area (Å²) in [6.45, 7) is 2.06. The molecule has 0 aliphatic carbocycles. The summed E-state index contributed by atoms with van der Waals surface area (Å²) < 4.78 is 12.8. The van der Waals surface area contributed by atoms with Gasteiger partial charge in [-0.15, -0.1) is 0 Å². The topological polar surface area (TPSA) is 88.8 Å². The third-order valence-corrected chi connectivity index (χ3v) is 3.20. The number of likely N-dealkylation sites (tertiary alicyclic amines) is 1. The highest BCUT2D eigenvalue weighted by molar-refractivity contribution is 5.70. The zero-order valence-corrected chi connectivity index (χ0v) is 11.8. The molecule has 0 spiro atoms. The summed E-state index contributed by atoms with van der Waals surface area (Å²) in [5, 5.41) is 17.5. The number of carboxylic acid groups (broad SMARTS) is 1. The highest BCUT2D eigenvalue weighted by Crippen LogP contribution is 2.17. The largest absolute Gasteiger partial charge is 0.477 e. The molecule has 1 rings (SSSR count). The van der Waals surface area contributed by atoms with E-state index in [9.17, 15) is 9.18 Å². The molecule has 20 heavy (non-hydrogen) atoms. The minimum atomic E-state index is -2.38. The highest BCUT2D eigenvalue weighted by atomic mass is 19.1. The van der Waals surface area contributed by atoms with Gasteiger partial charge in [0.15, 0.2) is 0 Å². The Hall–Kier alpha value is -1.27. The quantitative estimate of drug-likeness (QED) is 0.627. The van der Waals surface area contributed by atoms with Crippen molar-refractivity contribution in [2.45, 2.75) is 31.3 Å². The van der Waals surface area contributed by atoms with Gasteiger partial charge in [-0.05, 0) is 26.9 Å². The maximum atomic E-state index is 12.8. The van der Waals surface area contributed by atoms with Crippen LogP contribution in [-0.4, -0.2) is 73.0 Å². The molecule has 0 amide bonds. The third-order valence-electron chi connectivity index (χ3n) is 3.20. The molecule has 3 atom stereocenters. The van der Waals surface area contributed by atoms with Crippen molar-refractivity contribution < 1.29 is 19.1 Å².